The van der Waals surface area contributed by atoms with Gasteiger partial charge in [-0.15, -0.1) is 0 Å². The van der Waals surface area contributed by atoms with Crippen LogP contribution in [0.3, 0.4) is 0 Å². The SMILES string of the molecule is NS(=O)(=O)c1cccnc1OCC1CCCCO1. The van der Waals surface area contributed by atoms with Crippen LogP contribution in [0.25, 0.3) is 0 Å². The number of sulfonamides is 1. The van der Waals surface area contributed by atoms with E-state index in [0.717, 1.165) is 25.9 Å². The summed E-state index contributed by atoms with van der Waals surface area (Å²) in [6.07, 6.45) is 4.53. The van der Waals surface area contributed by atoms with Crippen molar-refractivity contribution in [3.63, 3.8) is 0 Å². The highest BCUT2D eigenvalue weighted by atomic mass is 32.2. The Morgan fingerprint density at radius 1 is 1.50 bits per heavy atom. The zero-order valence-corrected chi connectivity index (χ0v) is 10.7. The molecule has 1 aromatic rings. The number of rotatable bonds is 4. The van der Waals surface area contributed by atoms with Crippen LogP contribution in [-0.4, -0.2) is 32.7 Å². The average Bonchev–Trinajstić information content (AvgIpc) is 2.37. The predicted octanol–water partition coefficient (Wildman–Crippen LogP) is 0.677. The van der Waals surface area contributed by atoms with Gasteiger partial charge in [-0.1, -0.05) is 0 Å². The van der Waals surface area contributed by atoms with Crippen molar-refractivity contribution in [1.82, 2.24) is 4.98 Å². The van der Waals surface area contributed by atoms with Crippen molar-refractivity contribution < 1.29 is 17.9 Å². The molecule has 1 unspecified atom stereocenters. The minimum atomic E-state index is -3.81. The maximum Gasteiger partial charge on any atom is 0.243 e. The van der Waals surface area contributed by atoms with E-state index in [1.54, 1.807) is 0 Å². The van der Waals surface area contributed by atoms with Crippen molar-refractivity contribution in [1.29, 1.82) is 0 Å². The second-order valence-electron chi connectivity index (χ2n) is 4.15. The molecule has 0 bridgehead atoms. The van der Waals surface area contributed by atoms with Gasteiger partial charge in [0.05, 0.1) is 6.10 Å². The summed E-state index contributed by atoms with van der Waals surface area (Å²) in [6.45, 7) is 1.01. The summed E-state index contributed by atoms with van der Waals surface area (Å²) < 4.78 is 33.6. The van der Waals surface area contributed by atoms with Gasteiger partial charge in [0.25, 0.3) is 0 Å². The highest BCUT2D eigenvalue weighted by Gasteiger charge is 2.19. The van der Waals surface area contributed by atoms with Crippen LogP contribution in [0.4, 0.5) is 0 Å². The van der Waals surface area contributed by atoms with Gasteiger partial charge in [-0.3, -0.25) is 0 Å². The molecule has 2 rings (SSSR count). The summed E-state index contributed by atoms with van der Waals surface area (Å²) in [4.78, 5) is 3.80. The summed E-state index contributed by atoms with van der Waals surface area (Å²) in [5, 5.41) is 5.09. The number of nitrogens with two attached hydrogens (primary N) is 1. The second kappa shape index (κ2) is 5.64. The van der Waals surface area contributed by atoms with E-state index in [4.69, 9.17) is 14.6 Å². The van der Waals surface area contributed by atoms with Crippen LogP contribution < -0.4 is 9.88 Å². The molecule has 2 heterocycles. The molecule has 0 aliphatic carbocycles. The lowest BCUT2D eigenvalue weighted by Crippen LogP contribution is -2.26. The van der Waals surface area contributed by atoms with Crippen LogP contribution in [0.2, 0.25) is 0 Å². The van der Waals surface area contributed by atoms with E-state index in [0.29, 0.717) is 6.61 Å². The van der Waals surface area contributed by atoms with Gasteiger partial charge >= 0.3 is 0 Å². The number of aromatic nitrogens is 1. The highest BCUT2D eigenvalue weighted by molar-refractivity contribution is 7.89. The Hall–Kier alpha value is -1.18. The number of hydrogen-bond donors (Lipinski definition) is 1. The smallest absolute Gasteiger partial charge is 0.243 e. The van der Waals surface area contributed by atoms with E-state index < -0.39 is 10.0 Å². The molecule has 7 heteroatoms. The third-order valence-electron chi connectivity index (χ3n) is 2.72. The van der Waals surface area contributed by atoms with E-state index in [1.165, 1.54) is 18.3 Å². The van der Waals surface area contributed by atoms with Crippen molar-refractivity contribution >= 4 is 10.0 Å². The van der Waals surface area contributed by atoms with Crippen molar-refractivity contribution in [3.8, 4) is 5.88 Å². The molecule has 1 fully saturated rings. The Labute approximate surface area is 106 Å². The van der Waals surface area contributed by atoms with Gasteiger partial charge in [0.15, 0.2) is 0 Å². The molecule has 1 atom stereocenters. The fourth-order valence-electron chi connectivity index (χ4n) is 1.81. The van der Waals surface area contributed by atoms with Gasteiger partial charge in [0.1, 0.15) is 11.5 Å². The molecule has 0 amide bonds. The normalized spacial score (nSPS) is 20.6. The van der Waals surface area contributed by atoms with Crippen molar-refractivity contribution in [2.24, 2.45) is 5.14 Å². The highest BCUT2D eigenvalue weighted by Crippen LogP contribution is 2.20. The first-order valence-corrected chi connectivity index (χ1v) is 7.34. The lowest BCUT2D eigenvalue weighted by atomic mass is 10.1. The van der Waals surface area contributed by atoms with Gasteiger partial charge in [0, 0.05) is 12.8 Å². The minimum absolute atomic E-state index is 0.00548. The summed E-state index contributed by atoms with van der Waals surface area (Å²) in [5.41, 5.74) is 0. The molecule has 6 nitrogen and oxygen atoms in total. The Balaban J connectivity index is 2.05. The lowest BCUT2D eigenvalue weighted by Gasteiger charge is -2.22. The van der Waals surface area contributed by atoms with Gasteiger partial charge in [0.2, 0.25) is 15.9 Å². The third kappa shape index (κ3) is 3.41. The quantitative estimate of drug-likeness (QED) is 0.870. The Morgan fingerprint density at radius 3 is 3.00 bits per heavy atom. The Morgan fingerprint density at radius 2 is 2.33 bits per heavy atom. The van der Waals surface area contributed by atoms with Crippen LogP contribution in [0.1, 0.15) is 19.3 Å². The molecule has 0 radical (unpaired) electrons. The van der Waals surface area contributed by atoms with Gasteiger partial charge in [-0.2, -0.15) is 0 Å². The summed E-state index contributed by atoms with van der Waals surface area (Å²) in [7, 11) is -3.81. The number of primary sulfonamides is 1. The van der Waals surface area contributed by atoms with Crippen LogP contribution in [0, 0.1) is 0 Å². The zero-order valence-electron chi connectivity index (χ0n) is 9.91. The van der Waals surface area contributed by atoms with Crippen molar-refractivity contribution in [3.05, 3.63) is 18.3 Å². The van der Waals surface area contributed by atoms with E-state index in [-0.39, 0.29) is 16.9 Å². The van der Waals surface area contributed by atoms with E-state index in [1.807, 2.05) is 0 Å². The monoisotopic (exact) mass is 272 g/mol. The molecule has 100 valence electrons. The van der Waals surface area contributed by atoms with Crippen LogP contribution in [-0.2, 0) is 14.8 Å². The molecule has 18 heavy (non-hydrogen) atoms. The predicted molar refractivity (Wildman–Crippen MR) is 64.7 cm³/mol. The average molecular weight is 272 g/mol. The molecule has 2 N–H and O–H groups in total. The molecular weight excluding hydrogens is 256 g/mol. The third-order valence-corrected chi connectivity index (χ3v) is 3.65. The van der Waals surface area contributed by atoms with E-state index in [9.17, 15) is 8.42 Å². The van der Waals surface area contributed by atoms with Crippen LogP contribution >= 0.6 is 0 Å². The molecule has 0 saturated carbocycles. The Kier molecular flexibility index (Phi) is 4.15. The maximum absolute atomic E-state index is 11.3. The van der Waals surface area contributed by atoms with Crippen LogP contribution in [0.5, 0.6) is 5.88 Å². The molecule has 1 aliphatic heterocycles. The topological polar surface area (TPSA) is 91.5 Å². The molecule has 0 aromatic carbocycles. The molecular formula is C11H16N2O4S. The zero-order chi connectivity index (χ0) is 13.0. The number of pyridine rings is 1. The largest absolute Gasteiger partial charge is 0.474 e. The van der Waals surface area contributed by atoms with Gasteiger partial charge in [-0.25, -0.2) is 18.5 Å². The summed E-state index contributed by atoms with van der Waals surface area (Å²) in [5.74, 6) is 0.0363. The van der Waals surface area contributed by atoms with Crippen molar-refractivity contribution in [2.45, 2.75) is 30.3 Å². The second-order valence-corrected chi connectivity index (χ2v) is 5.68. The fourth-order valence-corrected chi connectivity index (χ4v) is 2.44. The first-order chi connectivity index (χ1) is 8.57. The minimum Gasteiger partial charge on any atom is -0.474 e. The molecule has 0 spiro atoms. The first-order valence-electron chi connectivity index (χ1n) is 5.79. The lowest BCUT2D eigenvalue weighted by molar-refractivity contribution is -0.0125. The molecule has 1 aliphatic rings. The van der Waals surface area contributed by atoms with Crippen molar-refractivity contribution in [2.75, 3.05) is 13.2 Å². The number of nitrogens with zero attached hydrogens (tertiary/aromatic N) is 1. The number of ether oxygens (including phenoxy) is 2. The standard InChI is InChI=1S/C11H16N2O4S/c12-18(14,15)10-5-3-6-13-11(10)17-8-9-4-1-2-7-16-9/h3,5-6,9H,1-2,4,7-8H2,(H2,12,14,15). The first kappa shape index (κ1) is 13.3. The maximum atomic E-state index is 11.3. The van der Waals surface area contributed by atoms with Gasteiger partial charge < -0.3 is 9.47 Å². The fraction of sp³-hybridized carbons (Fsp3) is 0.545. The number of hydrogen-bond acceptors (Lipinski definition) is 5. The Bertz CT molecular complexity index is 498. The van der Waals surface area contributed by atoms with E-state index >= 15 is 0 Å². The molecule has 1 aromatic heterocycles. The summed E-state index contributed by atoms with van der Waals surface area (Å²) >= 11 is 0. The van der Waals surface area contributed by atoms with Crippen LogP contribution in [0.15, 0.2) is 23.2 Å². The molecule has 1 saturated heterocycles. The summed E-state index contributed by atoms with van der Waals surface area (Å²) in [6, 6.07) is 2.88. The van der Waals surface area contributed by atoms with E-state index in [2.05, 4.69) is 4.98 Å². The van der Waals surface area contributed by atoms with Gasteiger partial charge in [-0.05, 0) is 31.4 Å².